The van der Waals surface area contributed by atoms with Crippen molar-refractivity contribution in [1.29, 1.82) is 0 Å². The van der Waals surface area contributed by atoms with Crippen molar-refractivity contribution in [2.24, 2.45) is 0 Å². The molecule has 1 aromatic carbocycles. The third kappa shape index (κ3) is 1.68. The van der Waals surface area contributed by atoms with Crippen LogP contribution in [0.5, 0.6) is 0 Å². The van der Waals surface area contributed by atoms with Gasteiger partial charge in [0.15, 0.2) is 0 Å². The minimum Gasteiger partial charge on any atom is -0.311 e. The SMILES string of the molecule is Cc1ccc(C=C2C(=O)N(C)c3ccccc32)s1. The zero-order chi connectivity index (χ0) is 12.7. The molecule has 1 aliphatic rings. The summed E-state index contributed by atoms with van der Waals surface area (Å²) in [5.41, 5.74) is 2.80. The number of anilines is 1. The van der Waals surface area contributed by atoms with Gasteiger partial charge in [-0.3, -0.25) is 4.79 Å². The van der Waals surface area contributed by atoms with Crippen LogP contribution in [0.4, 0.5) is 5.69 Å². The Balaban J connectivity index is 2.13. The van der Waals surface area contributed by atoms with Crippen LogP contribution in [0.1, 0.15) is 15.3 Å². The topological polar surface area (TPSA) is 20.3 Å². The maximum absolute atomic E-state index is 12.2. The Morgan fingerprint density at radius 3 is 2.67 bits per heavy atom. The van der Waals surface area contributed by atoms with E-state index < -0.39 is 0 Å². The zero-order valence-corrected chi connectivity index (χ0v) is 11.1. The Bertz CT molecular complexity index is 654. The van der Waals surface area contributed by atoms with Crippen LogP contribution in [0.2, 0.25) is 0 Å². The van der Waals surface area contributed by atoms with Gasteiger partial charge in [0, 0.05) is 22.4 Å². The van der Waals surface area contributed by atoms with Crippen LogP contribution in [0.15, 0.2) is 36.4 Å². The van der Waals surface area contributed by atoms with Gasteiger partial charge in [0.1, 0.15) is 0 Å². The number of hydrogen-bond donors (Lipinski definition) is 0. The fourth-order valence-corrected chi connectivity index (χ4v) is 3.03. The Labute approximate surface area is 110 Å². The van der Waals surface area contributed by atoms with Gasteiger partial charge in [-0.05, 0) is 31.2 Å². The number of aryl methyl sites for hydroxylation is 1. The molecule has 3 rings (SSSR count). The molecule has 0 saturated carbocycles. The van der Waals surface area contributed by atoms with Crippen molar-refractivity contribution in [3.8, 4) is 0 Å². The molecule has 18 heavy (non-hydrogen) atoms. The van der Waals surface area contributed by atoms with E-state index >= 15 is 0 Å². The normalized spacial score (nSPS) is 16.4. The average molecular weight is 255 g/mol. The van der Waals surface area contributed by atoms with Crippen molar-refractivity contribution < 1.29 is 4.79 Å². The predicted molar refractivity (Wildman–Crippen MR) is 76.8 cm³/mol. The number of hydrogen-bond acceptors (Lipinski definition) is 2. The number of amides is 1. The van der Waals surface area contributed by atoms with Crippen molar-refractivity contribution >= 4 is 34.6 Å². The van der Waals surface area contributed by atoms with Crippen LogP contribution in [0.3, 0.4) is 0 Å². The van der Waals surface area contributed by atoms with Crippen LogP contribution in [-0.4, -0.2) is 13.0 Å². The van der Waals surface area contributed by atoms with E-state index in [0.717, 1.165) is 21.7 Å². The molecule has 0 saturated heterocycles. The third-order valence-corrected chi connectivity index (χ3v) is 4.09. The highest BCUT2D eigenvalue weighted by molar-refractivity contribution is 7.12. The van der Waals surface area contributed by atoms with Gasteiger partial charge in [-0.15, -0.1) is 11.3 Å². The predicted octanol–water partition coefficient (Wildman–Crippen LogP) is 3.57. The standard InChI is InChI=1S/C15H13NOS/c1-10-7-8-11(18-10)9-13-12-5-3-4-6-14(12)16(2)15(13)17/h3-9H,1-2H3. The van der Waals surface area contributed by atoms with E-state index in [9.17, 15) is 4.79 Å². The quantitative estimate of drug-likeness (QED) is 0.713. The average Bonchev–Trinajstić information content (AvgIpc) is 2.88. The number of para-hydroxylation sites is 1. The molecule has 0 radical (unpaired) electrons. The Morgan fingerprint density at radius 1 is 1.17 bits per heavy atom. The molecular weight excluding hydrogens is 242 g/mol. The lowest BCUT2D eigenvalue weighted by molar-refractivity contribution is -0.112. The molecule has 0 unspecified atom stereocenters. The molecule has 1 aromatic heterocycles. The largest absolute Gasteiger partial charge is 0.311 e. The smallest absolute Gasteiger partial charge is 0.258 e. The highest BCUT2D eigenvalue weighted by Crippen LogP contribution is 2.37. The van der Waals surface area contributed by atoms with Crippen molar-refractivity contribution in [3.05, 3.63) is 51.7 Å². The lowest BCUT2D eigenvalue weighted by Crippen LogP contribution is -2.20. The second-order valence-corrected chi connectivity index (χ2v) is 5.71. The molecule has 0 bridgehead atoms. The van der Waals surface area contributed by atoms with Gasteiger partial charge in [-0.1, -0.05) is 18.2 Å². The fourth-order valence-electron chi connectivity index (χ4n) is 2.21. The van der Waals surface area contributed by atoms with Gasteiger partial charge >= 0.3 is 0 Å². The Hall–Kier alpha value is -1.87. The first-order valence-electron chi connectivity index (χ1n) is 5.82. The minimum absolute atomic E-state index is 0.0715. The van der Waals surface area contributed by atoms with Crippen molar-refractivity contribution in [2.75, 3.05) is 11.9 Å². The molecule has 0 atom stereocenters. The third-order valence-electron chi connectivity index (χ3n) is 3.14. The summed E-state index contributed by atoms with van der Waals surface area (Å²) in [6.45, 7) is 2.07. The molecule has 90 valence electrons. The summed E-state index contributed by atoms with van der Waals surface area (Å²) in [7, 11) is 1.82. The minimum atomic E-state index is 0.0715. The molecule has 0 N–H and O–H groups in total. The van der Waals surface area contributed by atoms with Crippen LogP contribution in [0, 0.1) is 6.92 Å². The van der Waals surface area contributed by atoms with Crippen molar-refractivity contribution in [2.45, 2.75) is 6.92 Å². The highest BCUT2D eigenvalue weighted by atomic mass is 32.1. The first-order valence-corrected chi connectivity index (χ1v) is 6.64. The molecule has 2 nitrogen and oxygen atoms in total. The maximum atomic E-state index is 12.2. The summed E-state index contributed by atoms with van der Waals surface area (Å²) in [4.78, 5) is 16.3. The number of carbonyl (C=O) groups is 1. The lowest BCUT2D eigenvalue weighted by atomic mass is 10.1. The van der Waals surface area contributed by atoms with Gasteiger partial charge in [-0.2, -0.15) is 0 Å². The first-order chi connectivity index (χ1) is 8.66. The summed E-state index contributed by atoms with van der Waals surface area (Å²) in [6.07, 6.45) is 1.99. The van der Waals surface area contributed by atoms with E-state index in [1.165, 1.54) is 4.88 Å². The summed E-state index contributed by atoms with van der Waals surface area (Å²) < 4.78 is 0. The summed E-state index contributed by atoms with van der Waals surface area (Å²) in [6, 6.07) is 12.0. The van der Waals surface area contributed by atoms with Crippen LogP contribution < -0.4 is 4.90 Å². The molecule has 0 fully saturated rings. The molecule has 0 spiro atoms. The molecule has 3 heteroatoms. The number of thiophene rings is 1. The summed E-state index contributed by atoms with van der Waals surface area (Å²) >= 11 is 1.71. The van der Waals surface area contributed by atoms with E-state index in [-0.39, 0.29) is 5.91 Å². The van der Waals surface area contributed by atoms with Crippen molar-refractivity contribution in [1.82, 2.24) is 0 Å². The van der Waals surface area contributed by atoms with Crippen LogP contribution in [0.25, 0.3) is 11.6 Å². The van der Waals surface area contributed by atoms with E-state index in [0.29, 0.717) is 0 Å². The van der Waals surface area contributed by atoms with Gasteiger partial charge in [0.05, 0.1) is 11.3 Å². The molecule has 2 heterocycles. The van der Waals surface area contributed by atoms with Gasteiger partial charge < -0.3 is 4.90 Å². The van der Waals surface area contributed by atoms with E-state index in [1.54, 1.807) is 16.2 Å². The van der Waals surface area contributed by atoms with Crippen LogP contribution >= 0.6 is 11.3 Å². The Kier molecular flexibility index (Phi) is 2.56. The van der Waals surface area contributed by atoms with Gasteiger partial charge in [-0.25, -0.2) is 0 Å². The summed E-state index contributed by atoms with van der Waals surface area (Å²) in [5.74, 6) is 0.0715. The number of nitrogens with zero attached hydrogens (tertiary/aromatic N) is 1. The number of carbonyl (C=O) groups excluding carboxylic acids is 1. The van der Waals surface area contributed by atoms with E-state index in [1.807, 2.05) is 37.4 Å². The molecule has 0 aliphatic carbocycles. The molecule has 1 aliphatic heterocycles. The monoisotopic (exact) mass is 255 g/mol. The van der Waals surface area contributed by atoms with Gasteiger partial charge in [0.25, 0.3) is 5.91 Å². The van der Waals surface area contributed by atoms with E-state index in [4.69, 9.17) is 0 Å². The maximum Gasteiger partial charge on any atom is 0.258 e. The number of rotatable bonds is 1. The number of benzene rings is 1. The molecule has 2 aromatic rings. The van der Waals surface area contributed by atoms with Crippen molar-refractivity contribution in [3.63, 3.8) is 0 Å². The highest BCUT2D eigenvalue weighted by Gasteiger charge is 2.28. The fraction of sp³-hybridized carbons (Fsp3) is 0.133. The zero-order valence-electron chi connectivity index (χ0n) is 10.3. The number of likely N-dealkylation sites (N-methyl/N-ethyl adjacent to an activating group) is 1. The van der Waals surface area contributed by atoms with Gasteiger partial charge in [0.2, 0.25) is 0 Å². The van der Waals surface area contributed by atoms with E-state index in [2.05, 4.69) is 19.1 Å². The second-order valence-electron chi connectivity index (χ2n) is 4.39. The second kappa shape index (κ2) is 4.10. The summed E-state index contributed by atoms with van der Waals surface area (Å²) in [5, 5.41) is 0. The molecule has 1 amide bonds. The number of fused-ring (bicyclic) bond motifs is 1. The Morgan fingerprint density at radius 2 is 1.94 bits per heavy atom. The molecular formula is C15H13NOS. The van der Waals surface area contributed by atoms with Crippen LogP contribution in [-0.2, 0) is 4.79 Å². The first kappa shape index (κ1) is 11.2. The lowest BCUT2D eigenvalue weighted by Gasteiger charge is -2.07.